The average Bonchev–Trinajstić information content (AvgIpc) is 3.33. The van der Waals surface area contributed by atoms with E-state index in [-0.39, 0.29) is 24.1 Å². The van der Waals surface area contributed by atoms with Crippen LogP contribution in [0.5, 0.6) is 0 Å². The van der Waals surface area contributed by atoms with Gasteiger partial charge in [-0.25, -0.2) is 0 Å². The van der Waals surface area contributed by atoms with Crippen LogP contribution in [0.1, 0.15) is 29.1 Å². The highest BCUT2D eigenvalue weighted by atomic mass is 16.5. The lowest BCUT2D eigenvalue weighted by Gasteiger charge is -2.34. The summed E-state index contributed by atoms with van der Waals surface area (Å²) in [6.07, 6.45) is 5.69. The van der Waals surface area contributed by atoms with E-state index in [9.17, 15) is 4.79 Å². The van der Waals surface area contributed by atoms with Gasteiger partial charge in [0, 0.05) is 26.4 Å². The first-order chi connectivity index (χ1) is 12.1. The number of hydrogen-bond donors (Lipinski definition) is 0. The van der Waals surface area contributed by atoms with Crippen LogP contribution in [0.2, 0.25) is 0 Å². The molecule has 2 aliphatic rings. The minimum atomic E-state index is 0.0675. The van der Waals surface area contributed by atoms with E-state index in [1.165, 1.54) is 0 Å². The Balaban J connectivity index is 1.55. The molecule has 0 N–H and O–H groups in total. The van der Waals surface area contributed by atoms with Crippen LogP contribution in [0.4, 0.5) is 0 Å². The highest BCUT2D eigenvalue weighted by Gasteiger charge is 2.47. The third kappa shape index (κ3) is 3.00. The normalized spacial score (nSPS) is 26.2. The zero-order valence-electron chi connectivity index (χ0n) is 14.8. The second-order valence-electron chi connectivity index (χ2n) is 7.07. The van der Waals surface area contributed by atoms with E-state index in [1.54, 1.807) is 6.26 Å². The number of rotatable bonds is 4. The van der Waals surface area contributed by atoms with Crippen molar-refractivity contribution in [1.82, 2.24) is 14.4 Å². The number of amides is 1. The molecular weight excluding hydrogens is 318 g/mol. The Kier molecular flexibility index (Phi) is 4.39. The zero-order valence-corrected chi connectivity index (χ0v) is 14.8. The molecule has 2 aromatic rings. The predicted octanol–water partition coefficient (Wildman–Crippen LogP) is 2.12. The maximum atomic E-state index is 13.1. The summed E-state index contributed by atoms with van der Waals surface area (Å²) in [5, 5.41) is 0. The molecule has 0 unspecified atom stereocenters. The van der Waals surface area contributed by atoms with E-state index in [2.05, 4.69) is 11.9 Å². The van der Waals surface area contributed by atoms with Crippen molar-refractivity contribution in [1.29, 1.82) is 0 Å². The first kappa shape index (κ1) is 16.4. The molecule has 4 rings (SSSR count). The van der Waals surface area contributed by atoms with E-state index < -0.39 is 0 Å². The number of carbonyl (C=O) groups is 1. The van der Waals surface area contributed by atoms with Crippen LogP contribution in [0, 0.1) is 0 Å². The smallest absolute Gasteiger partial charge is 0.270 e. The standard InChI is InChI=1S/C19H25N3O3/c1-20-9-3-7-16(20)19(23)22-13-17(18-15(22)8-5-11-25-18)21(2)12-14-6-4-10-24-14/h3-4,6-7,9-10,15,17-18H,5,8,11-13H2,1-2H3/t15-,17-,18+/m1/s1. The van der Waals surface area contributed by atoms with Gasteiger partial charge in [0.2, 0.25) is 0 Å². The summed E-state index contributed by atoms with van der Waals surface area (Å²) in [6.45, 7) is 2.19. The van der Waals surface area contributed by atoms with Gasteiger partial charge in [0.15, 0.2) is 0 Å². The summed E-state index contributed by atoms with van der Waals surface area (Å²) in [7, 11) is 4.00. The van der Waals surface area contributed by atoms with Crippen molar-refractivity contribution in [3.05, 3.63) is 48.2 Å². The van der Waals surface area contributed by atoms with Crippen molar-refractivity contribution < 1.29 is 13.9 Å². The van der Waals surface area contributed by atoms with Crippen LogP contribution in [0.25, 0.3) is 0 Å². The first-order valence-corrected chi connectivity index (χ1v) is 8.91. The lowest BCUT2D eigenvalue weighted by molar-refractivity contribution is -0.0364. The van der Waals surface area contributed by atoms with Crippen LogP contribution in [-0.2, 0) is 18.3 Å². The van der Waals surface area contributed by atoms with Gasteiger partial charge in [0.25, 0.3) is 5.91 Å². The highest BCUT2D eigenvalue weighted by molar-refractivity contribution is 5.93. The molecule has 0 radical (unpaired) electrons. The number of aromatic nitrogens is 1. The summed E-state index contributed by atoms with van der Waals surface area (Å²) in [4.78, 5) is 17.3. The topological polar surface area (TPSA) is 50.9 Å². The average molecular weight is 343 g/mol. The number of ether oxygens (including phenoxy) is 1. The van der Waals surface area contributed by atoms with Crippen LogP contribution in [0.3, 0.4) is 0 Å². The van der Waals surface area contributed by atoms with Crippen LogP contribution in [0.15, 0.2) is 41.1 Å². The summed E-state index contributed by atoms with van der Waals surface area (Å²) in [5.74, 6) is 1.03. The molecule has 25 heavy (non-hydrogen) atoms. The molecule has 0 spiro atoms. The fraction of sp³-hybridized carbons (Fsp3) is 0.526. The number of furan rings is 1. The molecule has 1 amide bonds. The number of carbonyl (C=O) groups excluding carboxylic acids is 1. The van der Waals surface area contributed by atoms with Gasteiger partial charge >= 0.3 is 0 Å². The van der Waals surface area contributed by atoms with Gasteiger partial charge in [-0.3, -0.25) is 9.69 Å². The maximum Gasteiger partial charge on any atom is 0.270 e. The van der Waals surface area contributed by atoms with Crippen molar-refractivity contribution >= 4 is 5.91 Å². The number of likely N-dealkylation sites (N-methyl/N-ethyl adjacent to an activating group) is 1. The fourth-order valence-corrected chi connectivity index (χ4v) is 4.15. The first-order valence-electron chi connectivity index (χ1n) is 8.91. The third-order valence-corrected chi connectivity index (χ3v) is 5.47. The molecule has 6 nitrogen and oxygen atoms in total. The van der Waals surface area contributed by atoms with Crippen LogP contribution >= 0.6 is 0 Å². The monoisotopic (exact) mass is 343 g/mol. The van der Waals surface area contributed by atoms with Crippen molar-refractivity contribution in [3.8, 4) is 0 Å². The molecule has 2 saturated heterocycles. The SMILES string of the molecule is CN(Cc1ccco1)[C@@H]1CN(C(=O)c2cccn2C)[C@@H]2CCCO[C@H]12. The molecule has 0 saturated carbocycles. The Labute approximate surface area is 147 Å². The number of likely N-dealkylation sites (tertiary alicyclic amines) is 1. The lowest BCUT2D eigenvalue weighted by Crippen LogP contribution is -2.46. The molecule has 0 aromatic carbocycles. The van der Waals surface area contributed by atoms with Crippen LogP contribution < -0.4 is 0 Å². The van der Waals surface area contributed by atoms with Gasteiger partial charge in [-0.15, -0.1) is 0 Å². The predicted molar refractivity (Wildman–Crippen MR) is 93.2 cm³/mol. The molecule has 134 valence electrons. The van der Waals surface area contributed by atoms with Crippen molar-refractivity contribution in [2.24, 2.45) is 7.05 Å². The quantitative estimate of drug-likeness (QED) is 0.853. The molecule has 2 aliphatic heterocycles. The van der Waals surface area contributed by atoms with Gasteiger partial charge in [-0.2, -0.15) is 0 Å². The van der Waals surface area contributed by atoms with Gasteiger partial charge in [0.05, 0.1) is 31.0 Å². The van der Waals surface area contributed by atoms with E-state index in [0.717, 1.165) is 37.4 Å². The van der Waals surface area contributed by atoms with E-state index in [1.807, 2.05) is 47.0 Å². The van der Waals surface area contributed by atoms with Crippen molar-refractivity contribution in [2.75, 3.05) is 20.2 Å². The summed E-state index contributed by atoms with van der Waals surface area (Å²) in [6, 6.07) is 8.03. The van der Waals surface area contributed by atoms with Gasteiger partial charge in [-0.05, 0) is 44.2 Å². The molecule has 3 atom stereocenters. The molecule has 6 heteroatoms. The number of aryl methyl sites for hydroxylation is 1. The Morgan fingerprint density at radius 3 is 2.96 bits per heavy atom. The minimum absolute atomic E-state index is 0.0675. The summed E-state index contributed by atoms with van der Waals surface area (Å²) in [5.41, 5.74) is 0.735. The Hall–Kier alpha value is -2.05. The second-order valence-corrected chi connectivity index (χ2v) is 7.07. The Morgan fingerprint density at radius 2 is 2.24 bits per heavy atom. The highest BCUT2D eigenvalue weighted by Crippen LogP contribution is 2.33. The molecule has 4 heterocycles. The van der Waals surface area contributed by atoms with Gasteiger partial charge in [0.1, 0.15) is 11.5 Å². The fourth-order valence-electron chi connectivity index (χ4n) is 4.15. The van der Waals surface area contributed by atoms with Gasteiger partial charge in [-0.1, -0.05) is 0 Å². The molecule has 2 aromatic heterocycles. The molecule has 0 bridgehead atoms. The van der Waals surface area contributed by atoms with E-state index in [4.69, 9.17) is 9.15 Å². The van der Waals surface area contributed by atoms with E-state index >= 15 is 0 Å². The summed E-state index contributed by atoms with van der Waals surface area (Å²) >= 11 is 0. The van der Waals surface area contributed by atoms with E-state index in [0.29, 0.717) is 6.54 Å². The molecule has 2 fully saturated rings. The second kappa shape index (κ2) is 6.69. The third-order valence-electron chi connectivity index (χ3n) is 5.47. The van der Waals surface area contributed by atoms with Crippen molar-refractivity contribution in [3.63, 3.8) is 0 Å². The molecule has 0 aliphatic carbocycles. The minimum Gasteiger partial charge on any atom is -0.468 e. The zero-order chi connectivity index (χ0) is 17.4. The lowest BCUT2D eigenvalue weighted by atomic mass is 10.00. The number of hydrogen-bond acceptors (Lipinski definition) is 4. The molecular formula is C19H25N3O3. The van der Waals surface area contributed by atoms with Crippen LogP contribution in [-0.4, -0.2) is 58.7 Å². The number of fused-ring (bicyclic) bond motifs is 1. The largest absolute Gasteiger partial charge is 0.468 e. The summed E-state index contributed by atoms with van der Waals surface area (Å²) < 4.78 is 13.5. The van der Waals surface area contributed by atoms with Crippen molar-refractivity contribution in [2.45, 2.75) is 37.6 Å². The Morgan fingerprint density at radius 1 is 1.36 bits per heavy atom. The Bertz CT molecular complexity index is 724. The number of nitrogens with zero attached hydrogens (tertiary/aromatic N) is 3. The van der Waals surface area contributed by atoms with Gasteiger partial charge < -0.3 is 18.6 Å². The maximum absolute atomic E-state index is 13.1.